The molecule has 0 bridgehead atoms. The van der Waals surface area contributed by atoms with Crippen LogP contribution in [0.4, 0.5) is 13.2 Å². The molecule has 0 aliphatic rings. The van der Waals surface area contributed by atoms with Crippen molar-refractivity contribution in [2.24, 2.45) is 0 Å². The van der Waals surface area contributed by atoms with Gasteiger partial charge in [-0.25, -0.2) is 0 Å². The van der Waals surface area contributed by atoms with Gasteiger partial charge in [-0.2, -0.15) is 13.2 Å². The fourth-order valence-electron chi connectivity index (χ4n) is 1.34. The zero-order valence-electron chi connectivity index (χ0n) is 8.21. The zero-order chi connectivity index (χ0) is 11.6. The van der Waals surface area contributed by atoms with E-state index in [4.69, 9.17) is 0 Å². The summed E-state index contributed by atoms with van der Waals surface area (Å²) in [5.41, 5.74) is 0. The molecule has 0 atom stereocenters. The van der Waals surface area contributed by atoms with Crippen LogP contribution >= 0.6 is 0 Å². The van der Waals surface area contributed by atoms with Gasteiger partial charge < -0.3 is 4.74 Å². The molecule has 0 aromatic heterocycles. The maximum atomic E-state index is 11.9. The van der Waals surface area contributed by atoms with Crippen LogP contribution in [0.1, 0.15) is 0 Å². The van der Waals surface area contributed by atoms with Crippen LogP contribution in [0.25, 0.3) is 10.8 Å². The minimum absolute atomic E-state index is 0.107. The first-order chi connectivity index (χ1) is 7.54. The molecule has 1 radical (unpaired) electrons. The summed E-state index contributed by atoms with van der Waals surface area (Å²) < 4.78 is 40.3. The molecule has 2 aromatic rings. The van der Waals surface area contributed by atoms with Gasteiger partial charge in [0.1, 0.15) is 5.75 Å². The molecule has 16 heavy (non-hydrogen) atoms. The highest BCUT2D eigenvalue weighted by molar-refractivity contribution is 5.83. The second-order valence-corrected chi connectivity index (χ2v) is 3.31. The van der Waals surface area contributed by atoms with Gasteiger partial charge in [0.2, 0.25) is 0 Å². The molecular weight excluding hydrogens is 217 g/mol. The van der Waals surface area contributed by atoms with E-state index in [1.165, 1.54) is 6.07 Å². The van der Waals surface area contributed by atoms with Gasteiger partial charge in [0, 0.05) is 6.07 Å². The molecule has 4 heteroatoms. The monoisotopic (exact) mass is 225 g/mol. The van der Waals surface area contributed by atoms with E-state index in [9.17, 15) is 13.2 Å². The molecule has 0 spiro atoms. The van der Waals surface area contributed by atoms with Crippen LogP contribution < -0.4 is 4.74 Å². The normalized spacial score (nSPS) is 11.7. The van der Waals surface area contributed by atoms with Crippen LogP contribution in [0.2, 0.25) is 0 Å². The highest BCUT2D eigenvalue weighted by atomic mass is 19.4. The highest BCUT2D eigenvalue weighted by Crippen LogP contribution is 2.22. The number of alkyl halides is 3. The Balaban J connectivity index is 2.20. The van der Waals surface area contributed by atoms with Gasteiger partial charge in [0.25, 0.3) is 0 Å². The Bertz CT molecular complexity index is 491. The first-order valence-electron chi connectivity index (χ1n) is 4.65. The smallest absolute Gasteiger partial charge is 0.422 e. The number of benzene rings is 2. The predicted molar refractivity (Wildman–Crippen MR) is 54.3 cm³/mol. The second-order valence-electron chi connectivity index (χ2n) is 3.31. The largest absolute Gasteiger partial charge is 0.483 e. The predicted octanol–water partition coefficient (Wildman–Crippen LogP) is 3.58. The topological polar surface area (TPSA) is 9.23 Å². The van der Waals surface area contributed by atoms with E-state index in [0.29, 0.717) is 0 Å². The minimum atomic E-state index is -4.32. The lowest BCUT2D eigenvalue weighted by Gasteiger charge is -2.09. The van der Waals surface area contributed by atoms with Crippen LogP contribution in [-0.2, 0) is 0 Å². The van der Waals surface area contributed by atoms with Crippen LogP contribution in [-0.4, -0.2) is 12.8 Å². The second kappa shape index (κ2) is 4.04. The first kappa shape index (κ1) is 10.8. The third-order valence-electron chi connectivity index (χ3n) is 2.02. The SMILES string of the molecule is FC(F)(F)COc1[c]c2ccccc2cc1. The maximum absolute atomic E-state index is 11.9. The molecule has 1 nitrogen and oxygen atoms in total. The Morgan fingerprint density at radius 3 is 2.56 bits per heavy atom. The molecule has 83 valence electrons. The van der Waals surface area contributed by atoms with E-state index < -0.39 is 12.8 Å². The van der Waals surface area contributed by atoms with Crippen LogP contribution in [0.15, 0.2) is 36.4 Å². The summed E-state index contributed by atoms with van der Waals surface area (Å²) in [6.45, 7) is -1.29. The van der Waals surface area contributed by atoms with E-state index in [1.807, 2.05) is 12.1 Å². The average Bonchev–Trinajstić information content (AvgIpc) is 2.25. The molecule has 0 aliphatic heterocycles. The van der Waals surface area contributed by atoms with Gasteiger partial charge in [-0.05, 0) is 16.8 Å². The summed E-state index contributed by atoms with van der Waals surface area (Å²) in [6, 6.07) is 13.2. The van der Waals surface area contributed by atoms with Crippen LogP contribution in [0, 0.1) is 6.07 Å². The summed E-state index contributed by atoms with van der Waals surface area (Å²) in [5, 5.41) is 1.66. The van der Waals surface area contributed by atoms with Crippen molar-refractivity contribution in [3.8, 4) is 5.75 Å². The van der Waals surface area contributed by atoms with Crippen molar-refractivity contribution in [2.75, 3.05) is 6.61 Å². The lowest BCUT2D eigenvalue weighted by molar-refractivity contribution is -0.153. The Labute approximate surface area is 90.5 Å². The quantitative estimate of drug-likeness (QED) is 0.759. The summed E-state index contributed by atoms with van der Waals surface area (Å²) in [7, 11) is 0. The number of halogens is 3. The fourth-order valence-corrected chi connectivity index (χ4v) is 1.34. The summed E-state index contributed by atoms with van der Waals surface area (Å²) in [6.07, 6.45) is -4.32. The van der Waals surface area contributed by atoms with Crippen LogP contribution in [0.3, 0.4) is 0 Å². The Morgan fingerprint density at radius 1 is 1.06 bits per heavy atom. The van der Waals surface area contributed by atoms with Crippen molar-refractivity contribution in [1.29, 1.82) is 0 Å². The molecule has 0 fully saturated rings. The van der Waals surface area contributed by atoms with Crippen molar-refractivity contribution in [3.63, 3.8) is 0 Å². The van der Waals surface area contributed by atoms with Crippen molar-refractivity contribution in [2.45, 2.75) is 6.18 Å². The lowest BCUT2D eigenvalue weighted by Crippen LogP contribution is -2.19. The van der Waals surface area contributed by atoms with E-state index in [-0.39, 0.29) is 5.75 Å². The molecule has 0 heterocycles. The maximum Gasteiger partial charge on any atom is 0.422 e. The fraction of sp³-hybridized carbons (Fsp3) is 0.167. The molecule has 0 N–H and O–H groups in total. The minimum Gasteiger partial charge on any atom is -0.483 e. The Kier molecular flexibility index (Phi) is 2.73. The molecule has 0 saturated carbocycles. The van der Waals surface area contributed by atoms with Crippen molar-refractivity contribution in [3.05, 3.63) is 42.5 Å². The standard InChI is InChI=1S/C12H8F3O/c13-12(14,15)8-16-11-6-5-9-3-1-2-4-10(9)7-11/h1-6H,8H2. The Hall–Kier alpha value is -1.71. The number of fused-ring (bicyclic) bond motifs is 1. The first-order valence-corrected chi connectivity index (χ1v) is 4.65. The van der Waals surface area contributed by atoms with Crippen LogP contribution in [0.5, 0.6) is 5.75 Å². The molecule has 0 unspecified atom stereocenters. The van der Waals surface area contributed by atoms with Crippen molar-refractivity contribution < 1.29 is 17.9 Å². The number of hydrogen-bond acceptors (Lipinski definition) is 1. The van der Waals surface area contributed by atoms with Crippen molar-refractivity contribution in [1.82, 2.24) is 0 Å². The number of rotatable bonds is 2. The van der Waals surface area contributed by atoms with Gasteiger partial charge in [0.15, 0.2) is 6.61 Å². The molecular formula is C12H8F3O. The molecule has 0 amide bonds. The highest BCUT2D eigenvalue weighted by Gasteiger charge is 2.28. The molecule has 2 aromatic carbocycles. The zero-order valence-corrected chi connectivity index (χ0v) is 8.21. The van der Waals surface area contributed by atoms with E-state index in [2.05, 4.69) is 10.8 Å². The van der Waals surface area contributed by atoms with E-state index >= 15 is 0 Å². The average molecular weight is 225 g/mol. The summed E-state index contributed by atoms with van der Waals surface area (Å²) in [5.74, 6) is 0.107. The third-order valence-corrected chi connectivity index (χ3v) is 2.02. The van der Waals surface area contributed by atoms with E-state index in [1.54, 1.807) is 18.2 Å². The van der Waals surface area contributed by atoms with Crippen molar-refractivity contribution >= 4 is 10.8 Å². The van der Waals surface area contributed by atoms with E-state index in [0.717, 1.165) is 10.8 Å². The van der Waals surface area contributed by atoms with Gasteiger partial charge in [-0.1, -0.05) is 30.3 Å². The van der Waals surface area contributed by atoms with Gasteiger partial charge in [-0.3, -0.25) is 0 Å². The lowest BCUT2D eigenvalue weighted by atomic mass is 10.1. The summed E-state index contributed by atoms with van der Waals surface area (Å²) >= 11 is 0. The molecule has 2 rings (SSSR count). The van der Waals surface area contributed by atoms with Gasteiger partial charge in [-0.15, -0.1) is 0 Å². The Morgan fingerprint density at radius 2 is 1.81 bits per heavy atom. The molecule has 0 aliphatic carbocycles. The number of ether oxygens (including phenoxy) is 1. The van der Waals surface area contributed by atoms with Gasteiger partial charge >= 0.3 is 6.18 Å². The van der Waals surface area contributed by atoms with Gasteiger partial charge in [0.05, 0.1) is 0 Å². The number of hydrogen-bond donors (Lipinski definition) is 0. The molecule has 0 saturated heterocycles. The third kappa shape index (κ3) is 2.66. The summed E-state index contributed by atoms with van der Waals surface area (Å²) in [4.78, 5) is 0.